The summed E-state index contributed by atoms with van der Waals surface area (Å²) in [7, 11) is -4.62. The minimum Gasteiger partial charge on any atom is -0.336 e. The molecule has 0 spiro atoms. The van der Waals surface area contributed by atoms with Crippen LogP contribution in [-0.4, -0.2) is 36.0 Å². The summed E-state index contributed by atoms with van der Waals surface area (Å²) in [6, 6.07) is 0. The van der Waals surface area contributed by atoms with Crippen molar-refractivity contribution in [3.63, 3.8) is 0 Å². The van der Waals surface area contributed by atoms with Gasteiger partial charge in [-0.3, -0.25) is 9.78 Å². The number of carbonyl (C=O) groups excluding carboxylic acids is 1. The molecule has 0 aromatic carbocycles. The van der Waals surface area contributed by atoms with Crippen molar-refractivity contribution in [3.05, 3.63) is 16.6 Å². The average Bonchev–Trinajstić information content (AvgIpc) is 2.76. The van der Waals surface area contributed by atoms with E-state index in [1.807, 2.05) is 0 Å². The molecule has 0 radical (unpaired) electrons. The van der Waals surface area contributed by atoms with Gasteiger partial charge in [-0.25, -0.2) is 0 Å². The molecule has 1 atom stereocenters. The van der Waals surface area contributed by atoms with Crippen LogP contribution in [0.5, 0.6) is 0 Å². The number of amides is 1. The van der Waals surface area contributed by atoms with Gasteiger partial charge >= 0.3 is 10.2 Å². The van der Waals surface area contributed by atoms with E-state index in [0.29, 0.717) is 6.54 Å². The van der Waals surface area contributed by atoms with Gasteiger partial charge in [0, 0.05) is 24.0 Å². The van der Waals surface area contributed by atoms with Crippen LogP contribution in [0.15, 0.2) is 11.7 Å². The number of thiazole rings is 1. The van der Waals surface area contributed by atoms with Crippen LogP contribution in [0.3, 0.4) is 0 Å². The van der Waals surface area contributed by atoms with Gasteiger partial charge in [-0.1, -0.05) is 0 Å². The highest BCUT2D eigenvalue weighted by atomic mass is 32.3. The normalized spacial score (nSPS) is 21.7. The summed E-state index contributed by atoms with van der Waals surface area (Å²) in [6.45, 7) is 0.227. The first kappa shape index (κ1) is 11.5. The lowest BCUT2D eigenvalue weighted by Gasteiger charge is -2.13. The molecule has 5 nitrogen and oxygen atoms in total. The number of hydrogen-bond acceptors (Lipinski definition) is 5. The van der Waals surface area contributed by atoms with E-state index >= 15 is 0 Å². The summed E-state index contributed by atoms with van der Waals surface area (Å²) >= 11 is 1.37. The Morgan fingerprint density at radius 1 is 1.62 bits per heavy atom. The molecule has 0 bridgehead atoms. The Morgan fingerprint density at radius 2 is 2.38 bits per heavy atom. The summed E-state index contributed by atoms with van der Waals surface area (Å²) < 4.78 is 34.0. The first-order chi connectivity index (χ1) is 7.47. The molecule has 0 saturated carbocycles. The third-order valence-electron chi connectivity index (χ3n) is 2.41. The lowest BCUT2D eigenvalue weighted by molar-refractivity contribution is -0.128. The lowest BCUT2D eigenvalue weighted by atomic mass is 10.4. The van der Waals surface area contributed by atoms with Crippen molar-refractivity contribution in [3.8, 4) is 0 Å². The molecule has 1 aliphatic rings. The van der Waals surface area contributed by atoms with Gasteiger partial charge in [0.2, 0.25) is 5.91 Å². The first-order valence-electron chi connectivity index (χ1n) is 4.55. The van der Waals surface area contributed by atoms with Crippen LogP contribution < -0.4 is 0 Å². The van der Waals surface area contributed by atoms with E-state index < -0.39 is 15.5 Å². The van der Waals surface area contributed by atoms with Crippen LogP contribution >= 0.6 is 11.3 Å². The maximum absolute atomic E-state index is 12.7. The van der Waals surface area contributed by atoms with Crippen molar-refractivity contribution in [2.75, 3.05) is 6.54 Å². The number of aromatic nitrogens is 1. The van der Waals surface area contributed by atoms with Crippen molar-refractivity contribution in [2.45, 2.75) is 18.2 Å². The Kier molecular flexibility index (Phi) is 2.94. The third-order valence-corrected chi connectivity index (χ3v) is 4.28. The predicted molar refractivity (Wildman–Crippen MR) is 56.0 cm³/mol. The second-order valence-corrected chi connectivity index (χ2v) is 6.13. The van der Waals surface area contributed by atoms with Gasteiger partial charge in [-0.05, 0) is 0 Å². The number of rotatable bonds is 3. The van der Waals surface area contributed by atoms with Crippen molar-refractivity contribution in [1.82, 2.24) is 9.88 Å². The summed E-state index contributed by atoms with van der Waals surface area (Å²) in [5.74, 6) is -0.334. The fraction of sp³-hybridized carbons (Fsp3) is 0.500. The molecule has 16 heavy (non-hydrogen) atoms. The Balaban J connectivity index is 2.06. The number of carbonyl (C=O) groups is 1. The van der Waals surface area contributed by atoms with Crippen LogP contribution in [0.25, 0.3) is 0 Å². The van der Waals surface area contributed by atoms with Crippen LogP contribution in [0.4, 0.5) is 3.89 Å². The second kappa shape index (κ2) is 4.10. The van der Waals surface area contributed by atoms with Crippen molar-refractivity contribution in [1.29, 1.82) is 0 Å². The van der Waals surface area contributed by atoms with Crippen LogP contribution in [0.2, 0.25) is 0 Å². The molecule has 1 fully saturated rings. The highest BCUT2D eigenvalue weighted by Gasteiger charge is 2.38. The van der Waals surface area contributed by atoms with Gasteiger partial charge < -0.3 is 4.90 Å². The molecule has 2 heterocycles. The summed E-state index contributed by atoms with van der Waals surface area (Å²) in [5.41, 5.74) is 1.62. The Hall–Kier alpha value is -1.02. The average molecular weight is 264 g/mol. The molecule has 1 saturated heterocycles. The fourth-order valence-electron chi connectivity index (χ4n) is 1.59. The van der Waals surface area contributed by atoms with E-state index in [0.717, 1.165) is 4.88 Å². The molecule has 1 amide bonds. The van der Waals surface area contributed by atoms with E-state index in [-0.39, 0.29) is 18.9 Å². The van der Waals surface area contributed by atoms with E-state index in [1.54, 1.807) is 11.7 Å². The quantitative estimate of drug-likeness (QED) is 0.747. The molecule has 1 unspecified atom stereocenters. The highest BCUT2D eigenvalue weighted by molar-refractivity contribution is 7.87. The molecule has 0 aliphatic carbocycles. The minimum absolute atomic E-state index is 0.0738. The minimum atomic E-state index is -4.62. The Morgan fingerprint density at radius 3 is 2.88 bits per heavy atom. The number of likely N-dealkylation sites (tertiary alicyclic amines) is 1. The number of nitrogens with zero attached hydrogens (tertiary/aromatic N) is 2. The van der Waals surface area contributed by atoms with E-state index in [1.165, 1.54) is 16.2 Å². The first-order valence-corrected chi connectivity index (χ1v) is 6.88. The molecule has 1 aromatic heterocycles. The van der Waals surface area contributed by atoms with Crippen LogP contribution in [-0.2, 0) is 21.6 Å². The van der Waals surface area contributed by atoms with Crippen molar-refractivity contribution < 1.29 is 17.1 Å². The summed E-state index contributed by atoms with van der Waals surface area (Å²) in [5, 5.41) is -1.21. The SMILES string of the molecule is O=C1CC(S(=O)(=O)F)CN1Cc1cncs1. The zero-order valence-corrected chi connectivity index (χ0v) is 9.80. The van der Waals surface area contributed by atoms with Crippen LogP contribution in [0, 0.1) is 0 Å². The van der Waals surface area contributed by atoms with Gasteiger partial charge in [0.05, 0.1) is 12.1 Å². The van der Waals surface area contributed by atoms with E-state index in [9.17, 15) is 17.1 Å². The molecule has 8 heteroatoms. The molecule has 88 valence electrons. The third kappa shape index (κ3) is 2.38. The molecule has 1 aromatic rings. The second-order valence-electron chi connectivity index (χ2n) is 3.54. The largest absolute Gasteiger partial charge is 0.336 e. The van der Waals surface area contributed by atoms with Crippen molar-refractivity contribution in [2.24, 2.45) is 0 Å². The highest BCUT2D eigenvalue weighted by Crippen LogP contribution is 2.22. The van der Waals surface area contributed by atoms with Gasteiger partial charge in [0.25, 0.3) is 0 Å². The molecule has 1 aliphatic heterocycles. The molecule has 2 rings (SSSR count). The predicted octanol–water partition coefficient (Wildman–Crippen LogP) is 0.543. The summed E-state index contributed by atoms with van der Waals surface area (Å²) in [6.07, 6.45) is 1.34. The molecular weight excluding hydrogens is 255 g/mol. The Bertz CT molecular complexity index is 485. The van der Waals surface area contributed by atoms with Crippen LogP contribution in [0.1, 0.15) is 11.3 Å². The number of halogens is 1. The fourth-order valence-corrected chi connectivity index (χ4v) is 2.89. The van der Waals surface area contributed by atoms with Gasteiger partial charge in [-0.15, -0.1) is 15.2 Å². The molecule has 0 N–H and O–H groups in total. The zero-order chi connectivity index (χ0) is 11.8. The maximum Gasteiger partial charge on any atom is 0.307 e. The number of hydrogen-bond donors (Lipinski definition) is 0. The topological polar surface area (TPSA) is 67.3 Å². The van der Waals surface area contributed by atoms with Gasteiger partial charge in [0.1, 0.15) is 5.25 Å². The van der Waals surface area contributed by atoms with Crippen molar-refractivity contribution >= 4 is 27.5 Å². The van der Waals surface area contributed by atoms with E-state index in [2.05, 4.69) is 4.98 Å². The molecular formula is C8H9FN2O3S2. The smallest absolute Gasteiger partial charge is 0.307 e. The zero-order valence-electron chi connectivity index (χ0n) is 8.17. The van der Waals surface area contributed by atoms with Gasteiger partial charge in [0.15, 0.2) is 0 Å². The van der Waals surface area contributed by atoms with Gasteiger partial charge in [-0.2, -0.15) is 8.42 Å². The van der Waals surface area contributed by atoms with E-state index in [4.69, 9.17) is 0 Å². The Labute approximate surface area is 96.1 Å². The maximum atomic E-state index is 12.7. The summed E-state index contributed by atoms with van der Waals surface area (Å²) in [4.78, 5) is 17.5. The lowest BCUT2D eigenvalue weighted by Crippen LogP contribution is -2.26. The monoisotopic (exact) mass is 264 g/mol. The standard InChI is InChI=1S/C8H9FN2O3S2/c9-16(13,14)7-1-8(12)11(4-7)3-6-2-10-5-15-6/h2,5,7H,1,3-4H2.